The van der Waals surface area contributed by atoms with Crippen molar-refractivity contribution in [1.82, 2.24) is 25.5 Å². The van der Waals surface area contributed by atoms with Gasteiger partial charge in [-0.15, -0.1) is 0 Å². The Kier molecular flexibility index (Phi) is 7.19. The molecular weight excluding hydrogens is 403 g/mol. The molecule has 3 rings (SSSR count). The number of imidazole rings is 1. The Morgan fingerprint density at radius 3 is 2.47 bits per heavy atom. The van der Waals surface area contributed by atoms with Gasteiger partial charge in [0, 0.05) is 22.3 Å². The molecule has 162 valence electrons. The second-order valence-corrected chi connectivity index (χ2v) is 6.99. The third-order valence-electron chi connectivity index (χ3n) is 4.10. The van der Waals surface area contributed by atoms with Gasteiger partial charge in [-0.3, -0.25) is 9.89 Å². The van der Waals surface area contributed by atoms with E-state index in [9.17, 15) is 18.0 Å². The molecule has 11 heteroatoms. The van der Waals surface area contributed by atoms with E-state index in [0.717, 1.165) is 34.4 Å². The molecule has 0 radical (unpaired) electrons. The first-order chi connectivity index (χ1) is 14.0. The van der Waals surface area contributed by atoms with E-state index in [1.165, 1.54) is 0 Å². The van der Waals surface area contributed by atoms with E-state index in [0.29, 0.717) is 18.0 Å². The molecule has 0 saturated carbocycles. The van der Waals surface area contributed by atoms with Crippen LogP contribution in [0.2, 0.25) is 0 Å². The number of hydrogen-bond acceptors (Lipinski definition) is 4. The van der Waals surface area contributed by atoms with Crippen LogP contribution in [0.5, 0.6) is 0 Å². The lowest BCUT2D eigenvalue weighted by atomic mass is 10.0. The number of fused-ring (bicyclic) bond motifs is 1. The molecule has 1 amide bonds. The quantitative estimate of drug-likeness (QED) is 0.499. The number of carbonyl (C=O) groups excluding carboxylic acids is 1. The smallest absolute Gasteiger partial charge is 0.475 e. The van der Waals surface area contributed by atoms with Gasteiger partial charge in [-0.1, -0.05) is 13.8 Å². The summed E-state index contributed by atoms with van der Waals surface area (Å²) in [5, 5.41) is 18.4. The van der Waals surface area contributed by atoms with Crippen LogP contribution in [0.15, 0.2) is 24.5 Å². The molecule has 4 N–H and O–H groups in total. The molecule has 0 fully saturated rings. The van der Waals surface area contributed by atoms with Crippen LogP contribution in [0.4, 0.5) is 13.2 Å². The van der Waals surface area contributed by atoms with Gasteiger partial charge in [0.25, 0.3) is 5.91 Å². The summed E-state index contributed by atoms with van der Waals surface area (Å²) < 4.78 is 31.7. The van der Waals surface area contributed by atoms with Gasteiger partial charge in [0.05, 0.1) is 24.1 Å². The molecule has 0 aliphatic carbocycles. The van der Waals surface area contributed by atoms with Crippen molar-refractivity contribution in [2.45, 2.75) is 39.9 Å². The van der Waals surface area contributed by atoms with E-state index in [4.69, 9.17) is 9.90 Å². The van der Waals surface area contributed by atoms with Gasteiger partial charge in [-0.2, -0.15) is 18.3 Å². The summed E-state index contributed by atoms with van der Waals surface area (Å²) in [6.45, 7) is 6.67. The van der Waals surface area contributed by atoms with E-state index >= 15 is 0 Å². The molecule has 0 aliphatic heterocycles. The van der Waals surface area contributed by atoms with Crippen molar-refractivity contribution in [2.24, 2.45) is 5.92 Å². The highest BCUT2D eigenvalue weighted by atomic mass is 19.4. The molecule has 0 saturated heterocycles. The second-order valence-electron chi connectivity index (χ2n) is 6.99. The third kappa shape index (κ3) is 6.06. The van der Waals surface area contributed by atoms with Crippen LogP contribution >= 0.6 is 0 Å². The number of aryl methyl sites for hydroxylation is 1. The predicted molar refractivity (Wildman–Crippen MR) is 103 cm³/mol. The van der Waals surface area contributed by atoms with Crippen molar-refractivity contribution in [3.05, 3.63) is 47.2 Å². The number of aromatic amines is 2. The number of amides is 1. The van der Waals surface area contributed by atoms with Gasteiger partial charge in [-0.25, -0.2) is 9.78 Å². The maximum absolute atomic E-state index is 12.4. The second kappa shape index (κ2) is 9.42. The lowest BCUT2D eigenvalue weighted by Crippen LogP contribution is -2.23. The summed E-state index contributed by atoms with van der Waals surface area (Å²) in [7, 11) is 0. The zero-order valence-corrected chi connectivity index (χ0v) is 16.6. The molecule has 8 nitrogen and oxygen atoms in total. The summed E-state index contributed by atoms with van der Waals surface area (Å²) in [4.78, 5) is 28.5. The Morgan fingerprint density at radius 1 is 1.27 bits per heavy atom. The number of carboxylic acid groups (broad SMARTS) is 1. The number of nitrogens with one attached hydrogen (secondary N) is 3. The maximum atomic E-state index is 12.4. The van der Waals surface area contributed by atoms with Crippen LogP contribution in [0.3, 0.4) is 0 Å². The molecule has 3 aromatic rings. The van der Waals surface area contributed by atoms with E-state index in [1.807, 2.05) is 19.1 Å². The van der Waals surface area contributed by atoms with E-state index in [2.05, 4.69) is 39.3 Å². The number of hydrogen-bond donors (Lipinski definition) is 4. The zero-order chi connectivity index (χ0) is 22.5. The topological polar surface area (TPSA) is 124 Å². The molecule has 0 aliphatic rings. The highest BCUT2D eigenvalue weighted by Crippen LogP contribution is 2.20. The highest BCUT2D eigenvalue weighted by molar-refractivity contribution is 5.98. The zero-order valence-electron chi connectivity index (χ0n) is 16.6. The number of nitrogens with zero attached hydrogens (tertiary/aromatic N) is 2. The summed E-state index contributed by atoms with van der Waals surface area (Å²) in [6, 6.07) is 5.59. The van der Waals surface area contributed by atoms with Gasteiger partial charge in [-0.05, 0) is 37.5 Å². The molecular formula is C19H22F3N5O3. The minimum atomic E-state index is -5.08. The monoisotopic (exact) mass is 425 g/mol. The number of carboxylic acids is 1. The van der Waals surface area contributed by atoms with Crippen LogP contribution in [-0.2, 0) is 17.8 Å². The Hall–Kier alpha value is -3.37. The number of halogens is 3. The minimum absolute atomic E-state index is 0.106. The van der Waals surface area contributed by atoms with Gasteiger partial charge in [0.1, 0.15) is 0 Å². The van der Waals surface area contributed by atoms with Crippen LogP contribution in [0.1, 0.15) is 41.3 Å². The normalized spacial score (nSPS) is 11.3. The van der Waals surface area contributed by atoms with Crippen molar-refractivity contribution in [3.63, 3.8) is 0 Å². The minimum Gasteiger partial charge on any atom is -0.475 e. The van der Waals surface area contributed by atoms with Gasteiger partial charge >= 0.3 is 12.1 Å². The number of alkyl halides is 3. The summed E-state index contributed by atoms with van der Waals surface area (Å²) >= 11 is 0. The average Bonchev–Trinajstić information content (AvgIpc) is 3.24. The highest BCUT2D eigenvalue weighted by Gasteiger charge is 2.38. The van der Waals surface area contributed by atoms with Crippen LogP contribution in [-0.4, -0.2) is 43.3 Å². The standard InChI is InChI=1S/C17H21N5O.C2HF3O2/c1-10(2)6-15-13-7-12(4-5-14(13)21-22-15)17(23)18-8-16-11(3)19-9-20-16;3-2(4,5)1(6)7/h4-5,7,9-10H,6,8H2,1-3H3,(H,18,23)(H,19,20)(H,21,22);(H,6,7). The molecule has 2 aromatic heterocycles. The summed E-state index contributed by atoms with van der Waals surface area (Å²) in [5.41, 5.74) is 4.42. The molecule has 0 unspecified atom stereocenters. The van der Waals surface area contributed by atoms with Crippen molar-refractivity contribution >= 4 is 22.8 Å². The number of H-pyrrole nitrogens is 2. The largest absolute Gasteiger partial charge is 0.490 e. The maximum Gasteiger partial charge on any atom is 0.490 e. The molecule has 30 heavy (non-hydrogen) atoms. The van der Waals surface area contributed by atoms with Gasteiger partial charge in [0.2, 0.25) is 0 Å². The number of aromatic nitrogens is 4. The third-order valence-corrected chi connectivity index (χ3v) is 4.10. The molecule has 2 heterocycles. The van der Waals surface area contributed by atoms with E-state index < -0.39 is 12.1 Å². The fourth-order valence-corrected chi connectivity index (χ4v) is 2.60. The molecule has 0 spiro atoms. The Bertz CT molecular complexity index is 1020. The first-order valence-corrected chi connectivity index (χ1v) is 9.03. The average molecular weight is 425 g/mol. The summed E-state index contributed by atoms with van der Waals surface area (Å²) in [6.07, 6.45) is -2.54. The Labute approximate surface area is 169 Å². The number of carbonyl (C=O) groups is 2. The number of rotatable bonds is 5. The molecule has 0 bridgehead atoms. The van der Waals surface area contributed by atoms with Crippen LogP contribution in [0.25, 0.3) is 10.9 Å². The molecule has 1 aromatic carbocycles. The van der Waals surface area contributed by atoms with Crippen molar-refractivity contribution in [2.75, 3.05) is 0 Å². The van der Waals surface area contributed by atoms with Crippen molar-refractivity contribution < 1.29 is 27.9 Å². The number of benzene rings is 1. The first-order valence-electron chi connectivity index (χ1n) is 9.03. The van der Waals surface area contributed by atoms with Gasteiger partial charge in [0.15, 0.2) is 0 Å². The fourth-order valence-electron chi connectivity index (χ4n) is 2.60. The fraction of sp³-hybridized carbons (Fsp3) is 0.368. The van der Waals surface area contributed by atoms with Crippen molar-refractivity contribution in [1.29, 1.82) is 0 Å². The van der Waals surface area contributed by atoms with Crippen LogP contribution in [0, 0.1) is 12.8 Å². The lowest BCUT2D eigenvalue weighted by molar-refractivity contribution is -0.192. The van der Waals surface area contributed by atoms with Gasteiger partial charge < -0.3 is 15.4 Å². The summed E-state index contributed by atoms with van der Waals surface area (Å²) in [5.74, 6) is -2.34. The molecule has 0 atom stereocenters. The first kappa shape index (κ1) is 22.9. The van der Waals surface area contributed by atoms with Crippen molar-refractivity contribution in [3.8, 4) is 0 Å². The van der Waals surface area contributed by atoms with Crippen LogP contribution < -0.4 is 5.32 Å². The SMILES string of the molecule is Cc1[nH]cnc1CNC(=O)c1ccc2n[nH]c(CC(C)C)c2c1.O=C(O)C(F)(F)F. The lowest BCUT2D eigenvalue weighted by Gasteiger charge is -2.06. The van der Waals surface area contributed by atoms with E-state index in [1.54, 1.807) is 12.4 Å². The number of aliphatic carboxylic acids is 1. The Morgan fingerprint density at radius 2 is 1.93 bits per heavy atom. The Balaban J connectivity index is 0.000000396. The van der Waals surface area contributed by atoms with E-state index in [-0.39, 0.29) is 5.91 Å². The predicted octanol–water partition coefficient (Wildman–Crippen LogP) is 3.36.